The molecule has 2 aliphatic rings. The summed E-state index contributed by atoms with van der Waals surface area (Å²) < 4.78 is 0. The van der Waals surface area contributed by atoms with Crippen molar-refractivity contribution < 1.29 is 4.79 Å². The monoisotopic (exact) mass is 265 g/mol. The summed E-state index contributed by atoms with van der Waals surface area (Å²) in [5.74, 6) is 0.0258. The lowest BCUT2D eigenvalue weighted by Gasteiger charge is -2.34. The lowest BCUT2D eigenvalue weighted by atomic mass is 10.2. The maximum atomic E-state index is 12.3. The fourth-order valence-corrected chi connectivity index (χ4v) is 2.65. The van der Waals surface area contributed by atoms with Crippen LogP contribution in [0.1, 0.15) is 23.2 Å². The van der Waals surface area contributed by atoms with Gasteiger partial charge in [-0.1, -0.05) is 11.6 Å². The second-order valence-electron chi connectivity index (χ2n) is 4.91. The molecule has 1 aromatic heterocycles. The van der Waals surface area contributed by atoms with E-state index >= 15 is 0 Å². The van der Waals surface area contributed by atoms with Crippen molar-refractivity contribution in [3.8, 4) is 0 Å². The molecule has 0 atom stereocenters. The fraction of sp³-hybridized carbons (Fsp3) is 0.538. The van der Waals surface area contributed by atoms with Gasteiger partial charge in [-0.2, -0.15) is 0 Å². The van der Waals surface area contributed by atoms with Crippen molar-refractivity contribution in [3.63, 3.8) is 0 Å². The highest BCUT2D eigenvalue weighted by Crippen LogP contribution is 2.27. The molecule has 1 aliphatic carbocycles. The van der Waals surface area contributed by atoms with Gasteiger partial charge in [-0.25, -0.2) is 0 Å². The Morgan fingerprint density at radius 1 is 1.28 bits per heavy atom. The third-order valence-electron chi connectivity index (χ3n) is 3.67. The highest BCUT2D eigenvalue weighted by molar-refractivity contribution is 6.33. The van der Waals surface area contributed by atoms with E-state index in [9.17, 15) is 4.79 Å². The van der Waals surface area contributed by atoms with Crippen molar-refractivity contribution in [1.29, 1.82) is 0 Å². The molecule has 0 aromatic carbocycles. The maximum Gasteiger partial charge on any atom is 0.255 e. The number of hydrogen-bond acceptors (Lipinski definition) is 3. The molecule has 2 heterocycles. The smallest absolute Gasteiger partial charge is 0.255 e. The summed E-state index contributed by atoms with van der Waals surface area (Å²) in [4.78, 5) is 20.6. The van der Waals surface area contributed by atoms with E-state index < -0.39 is 0 Å². The topological polar surface area (TPSA) is 36.4 Å². The third kappa shape index (κ3) is 2.35. The second-order valence-corrected chi connectivity index (χ2v) is 5.32. The molecule has 1 saturated carbocycles. The molecule has 2 fully saturated rings. The van der Waals surface area contributed by atoms with Gasteiger partial charge in [0.25, 0.3) is 5.91 Å². The zero-order valence-electron chi connectivity index (χ0n) is 10.2. The average Bonchev–Trinajstić information content (AvgIpc) is 3.23. The molecule has 5 heteroatoms. The molecule has 0 bridgehead atoms. The third-order valence-corrected chi connectivity index (χ3v) is 3.97. The first-order valence-corrected chi connectivity index (χ1v) is 6.76. The van der Waals surface area contributed by atoms with Crippen LogP contribution in [0.2, 0.25) is 5.02 Å². The number of nitrogens with zero attached hydrogens (tertiary/aromatic N) is 3. The van der Waals surface area contributed by atoms with E-state index in [-0.39, 0.29) is 5.91 Å². The predicted molar refractivity (Wildman–Crippen MR) is 69.7 cm³/mol. The molecular formula is C13H16ClN3O. The van der Waals surface area contributed by atoms with Gasteiger partial charge in [-0.05, 0) is 18.9 Å². The van der Waals surface area contributed by atoms with Gasteiger partial charge in [-0.3, -0.25) is 14.7 Å². The standard InChI is InChI=1S/C13H16ClN3O/c14-12-9-15-4-3-11(12)13(18)17-7-5-16(6-8-17)10-1-2-10/h3-4,9-10H,1-2,5-8H2. The molecule has 0 radical (unpaired) electrons. The minimum atomic E-state index is 0.0258. The van der Waals surface area contributed by atoms with Crippen molar-refractivity contribution >= 4 is 17.5 Å². The van der Waals surface area contributed by atoms with Gasteiger partial charge in [0.15, 0.2) is 0 Å². The number of carbonyl (C=O) groups excluding carboxylic acids is 1. The molecule has 18 heavy (non-hydrogen) atoms. The molecule has 1 aromatic rings. The number of piperazine rings is 1. The van der Waals surface area contributed by atoms with E-state index in [1.54, 1.807) is 12.3 Å². The van der Waals surface area contributed by atoms with Crippen LogP contribution in [-0.2, 0) is 0 Å². The summed E-state index contributed by atoms with van der Waals surface area (Å²) >= 11 is 6.01. The zero-order valence-corrected chi connectivity index (χ0v) is 10.9. The number of amides is 1. The second kappa shape index (κ2) is 4.86. The molecular weight excluding hydrogens is 250 g/mol. The van der Waals surface area contributed by atoms with Crippen LogP contribution in [0, 0.1) is 0 Å². The van der Waals surface area contributed by atoms with Crippen LogP contribution in [0.25, 0.3) is 0 Å². The molecule has 0 N–H and O–H groups in total. The lowest BCUT2D eigenvalue weighted by Crippen LogP contribution is -2.49. The Morgan fingerprint density at radius 3 is 2.61 bits per heavy atom. The summed E-state index contributed by atoms with van der Waals surface area (Å²) in [5.41, 5.74) is 0.562. The summed E-state index contributed by atoms with van der Waals surface area (Å²) in [6.45, 7) is 3.57. The lowest BCUT2D eigenvalue weighted by molar-refractivity contribution is 0.0627. The van der Waals surface area contributed by atoms with Gasteiger partial charge in [0, 0.05) is 44.6 Å². The normalized spacial score (nSPS) is 21.1. The van der Waals surface area contributed by atoms with E-state index in [0.29, 0.717) is 10.6 Å². The van der Waals surface area contributed by atoms with Gasteiger partial charge >= 0.3 is 0 Å². The number of aromatic nitrogens is 1. The molecule has 3 rings (SSSR count). The largest absolute Gasteiger partial charge is 0.336 e. The van der Waals surface area contributed by atoms with E-state index in [1.165, 1.54) is 19.0 Å². The summed E-state index contributed by atoms with van der Waals surface area (Å²) in [6.07, 6.45) is 5.78. The Morgan fingerprint density at radius 2 is 2.00 bits per heavy atom. The highest BCUT2D eigenvalue weighted by Gasteiger charge is 2.32. The van der Waals surface area contributed by atoms with Crippen LogP contribution >= 0.6 is 11.6 Å². The quantitative estimate of drug-likeness (QED) is 0.816. The summed E-state index contributed by atoms with van der Waals surface area (Å²) in [5, 5.41) is 0.437. The van der Waals surface area contributed by atoms with Crippen LogP contribution in [0.4, 0.5) is 0 Å². The molecule has 96 valence electrons. The fourth-order valence-electron chi connectivity index (χ4n) is 2.45. The Kier molecular flexibility index (Phi) is 3.22. The predicted octanol–water partition coefficient (Wildman–Crippen LogP) is 1.66. The van der Waals surface area contributed by atoms with Crippen LogP contribution < -0.4 is 0 Å². The molecule has 1 saturated heterocycles. The molecule has 4 nitrogen and oxygen atoms in total. The molecule has 1 aliphatic heterocycles. The Balaban J connectivity index is 1.65. The summed E-state index contributed by atoms with van der Waals surface area (Å²) in [7, 11) is 0. The van der Waals surface area contributed by atoms with Gasteiger partial charge < -0.3 is 4.90 Å². The van der Waals surface area contributed by atoms with Gasteiger partial charge in [-0.15, -0.1) is 0 Å². The van der Waals surface area contributed by atoms with Crippen LogP contribution in [-0.4, -0.2) is 52.9 Å². The number of hydrogen-bond donors (Lipinski definition) is 0. The van der Waals surface area contributed by atoms with Crippen molar-refractivity contribution in [2.24, 2.45) is 0 Å². The zero-order chi connectivity index (χ0) is 12.5. The SMILES string of the molecule is O=C(c1ccncc1Cl)N1CCN(C2CC2)CC1. The number of halogens is 1. The molecule has 0 spiro atoms. The first kappa shape index (κ1) is 11.9. The maximum absolute atomic E-state index is 12.3. The van der Waals surface area contributed by atoms with E-state index in [0.717, 1.165) is 32.2 Å². The first-order chi connectivity index (χ1) is 8.75. The van der Waals surface area contributed by atoms with Crippen LogP contribution in [0.3, 0.4) is 0 Å². The van der Waals surface area contributed by atoms with Gasteiger partial charge in [0.2, 0.25) is 0 Å². The number of carbonyl (C=O) groups is 1. The molecule has 0 unspecified atom stereocenters. The minimum absolute atomic E-state index is 0.0258. The van der Waals surface area contributed by atoms with Gasteiger partial charge in [0.1, 0.15) is 0 Å². The van der Waals surface area contributed by atoms with E-state index in [2.05, 4.69) is 9.88 Å². The van der Waals surface area contributed by atoms with Crippen molar-refractivity contribution in [2.45, 2.75) is 18.9 Å². The van der Waals surface area contributed by atoms with Crippen molar-refractivity contribution in [3.05, 3.63) is 29.0 Å². The first-order valence-electron chi connectivity index (χ1n) is 6.38. The van der Waals surface area contributed by atoms with Crippen molar-refractivity contribution in [1.82, 2.24) is 14.8 Å². The Hall–Kier alpha value is -1.13. The van der Waals surface area contributed by atoms with Crippen molar-refractivity contribution in [2.75, 3.05) is 26.2 Å². The van der Waals surface area contributed by atoms with E-state index in [1.807, 2.05) is 4.90 Å². The van der Waals surface area contributed by atoms with Crippen LogP contribution in [0.15, 0.2) is 18.5 Å². The Labute approximate surface area is 112 Å². The van der Waals surface area contributed by atoms with Gasteiger partial charge in [0.05, 0.1) is 10.6 Å². The highest BCUT2D eigenvalue weighted by atomic mass is 35.5. The average molecular weight is 266 g/mol. The number of pyridine rings is 1. The Bertz CT molecular complexity index is 453. The van der Waals surface area contributed by atoms with Crippen LogP contribution in [0.5, 0.6) is 0 Å². The minimum Gasteiger partial charge on any atom is -0.336 e. The summed E-state index contributed by atoms with van der Waals surface area (Å²) in [6, 6.07) is 2.48. The van der Waals surface area contributed by atoms with E-state index in [4.69, 9.17) is 11.6 Å². The molecule has 1 amide bonds. The number of rotatable bonds is 2.